The van der Waals surface area contributed by atoms with Crippen LogP contribution in [0.25, 0.3) is 0 Å². The Morgan fingerprint density at radius 1 is 1.26 bits per heavy atom. The normalized spacial score (nSPS) is 17.5. The number of ether oxygens (including phenoxy) is 1. The van der Waals surface area contributed by atoms with E-state index in [2.05, 4.69) is 32.3 Å². The Labute approximate surface area is 164 Å². The first-order valence-corrected chi connectivity index (χ1v) is 9.67. The Bertz CT molecular complexity index is 873. The van der Waals surface area contributed by atoms with Crippen LogP contribution in [-0.4, -0.2) is 44.6 Å². The maximum Gasteiger partial charge on any atom is 0.119 e. The summed E-state index contributed by atoms with van der Waals surface area (Å²) in [5.74, 6) is 1.32. The third-order valence-electron chi connectivity index (χ3n) is 5.10. The largest absolute Gasteiger partial charge is 0.493 e. The third kappa shape index (κ3) is 4.51. The van der Waals surface area contributed by atoms with E-state index in [1.807, 2.05) is 42.2 Å². The summed E-state index contributed by atoms with van der Waals surface area (Å²) in [6, 6.07) is 11.7. The van der Waals surface area contributed by atoms with Gasteiger partial charge in [0.25, 0.3) is 0 Å². The molecule has 6 nitrogen and oxygen atoms in total. The molecule has 27 heavy (non-hydrogen) atoms. The van der Waals surface area contributed by atoms with Crippen molar-refractivity contribution < 1.29 is 4.74 Å². The Balaban J connectivity index is 1.26. The minimum atomic E-state index is 0.486. The molecule has 1 fully saturated rings. The van der Waals surface area contributed by atoms with Crippen molar-refractivity contribution in [1.82, 2.24) is 24.9 Å². The van der Waals surface area contributed by atoms with Crippen LogP contribution in [-0.2, 0) is 20.0 Å². The highest BCUT2D eigenvalue weighted by atomic mass is 35.5. The van der Waals surface area contributed by atoms with Crippen LogP contribution in [0.1, 0.15) is 29.4 Å². The van der Waals surface area contributed by atoms with Gasteiger partial charge < -0.3 is 4.74 Å². The molecule has 142 valence electrons. The molecule has 3 heterocycles. The maximum atomic E-state index is 5.89. The predicted molar refractivity (Wildman–Crippen MR) is 105 cm³/mol. The van der Waals surface area contributed by atoms with Crippen molar-refractivity contribution in [2.45, 2.75) is 25.3 Å². The Kier molecular flexibility index (Phi) is 5.45. The number of nitrogens with zero attached hydrogens (tertiary/aromatic N) is 4. The highest BCUT2D eigenvalue weighted by Crippen LogP contribution is 2.27. The molecule has 1 aliphatic heterocycles. The molecule has 3 aromatic rings. The van der Waals surface area contributed by atoms with E-state index in [1.165, 1.54) is 5.69 Å². The molecule has 2 aromatic heterocycles. The van der Waals surface area contributed by atoms with Gasteiger partial charge in [0.15, 0.2) is 0 Å². The number of rotatable bonds is 7. The lowest BCUT2D eigenvalue weighted by Crippen LogP contribution is -2.21. The summed E-state index contributed by atoms with van der Waals surface area (Å²) in [6.45, 7) is 3.69. The van der Waals surface area contributed by atoms with E-state index in [4.69, 9.17) is 16.3 Å². The first-order chi connectivity index (χ1) is 13.2. The average molecular weight is 386 g/mol. The van der Waals surface area contributed by atoms with Crippen molar-refractivity contribution >= 4 is 11.6 Å². The molecule has 4 rings (SSSR count). The van der Waals surface area contributed by atoms with E-state index in [1.54, 1.807) is 0 Å². The highest BCUT2D eigenvalue weighted by Gasteiger charge is 2.26. The molecule has 0 amide bonds. The molecule has 1 atom stereocenters. The molecule has 0 aliphatic carbocycles. The summed E-state index contributed by atoms with van der Waals surface area (Å²) in [4.78, 5) is 2.47. The number of aromatic nitrogens is 4. The van der Waals surface area contributed by atoms with Gasteiger partial charge in [0.2, 0.25) is 0 Å². The van der Waals surface area contributed by atoms with Gasteiger partial charge in [0.1, 0.15) is 5.75 Å². The van der Waals surface area contributed by atoms with Crippen LogP contribution in [0.15, 0.2) is 42.6 Å². The van der Waals surface area contributed by atoms with Gasteiger partial charge in [-0.25, -0.2) is 0 Å². The van der Waals surface area contributed by atoms with Gasteiger partial charge in [-0.15, -0.1) is 0 Å². The molecular formula is C20H24ClN5O. The fourth-order valence-corrected chi connectivity index (χ4v) is 3.66. The van der Waals surface area contributed by atoms with Crippen molar-refractivity contribution in [1.29, 1.82) is 0 Å². The number of aromatic amines is 1. The van der Waals surface area contributed by atoms with Crippen LogP contribution >= 0.6 is 11.6 Å². The van der Waals surface area contributed by atoms with Crippen LogP contribution in [0.2, 0.25) is 5.02 Å². The summed E-state index contributed by atoms with van der Waals surface area (Å²) < 4.78 is 7.71. The van der Waals surface area contributed by atoms with E-state index in [0.717, 1.165) is 54.6 Å². The molecule has 7 heteroatoms. The minimum absolute atomic E-state index is 0.486. The van der Waals surface area contributed by atoms with Crippen LogP contribution in [0.4, 0.5) is 0 Å². The Morgan fingerprint density at radius 3 is 2.89 bits per heavy atom. The Morgan fingerprint density at radius 2 is 2.11 bits per heavy atom. The van der Waals surface area contributed by atoms with Gasteiger partial charge in [-0.05, 0) is 49.4 Å². The second kappa shape index (κ2) is 8.15. The van der Waals surface area contributed by atoms with Gasteiger partial charge in [-0.2, -0.15) is 10.2 Å². The number of nitrogens with one attached hydrogen (secondary N) is 1. The third-order valence-corrected chi connectivity index (χ3v) is 5.36. The fraction of sp³-hybridized carbons (Fsp3) is 0.400. The van der Waals surface area contributed by atoms with Crippen LogP contribution in [0.3, 0.4) is 0 Å². The van der Waals surface area contributed by atoms with E-state index < -0.39 is 0 Å². The van der Waals surface area contributed by atoms with Crippen LogP contribution in [0, 0.1) is 0 Å². The maximum absolute atomic E-state index is 5.89. The second-order valence-corrected chi connectivity index (χ2v) is 7.47. The SMILES string of the molecule is Cn1nccc1CN1CC[C@@H](c2cc(CCOc3ccc(Cl)cc3)[nH]n2)C1. The number of hydrogen-bond donors (Lipinski definition) is 1. The average Bonchev–Trinajstić information content (AvgIpc) is 3.39. The van der Waals surface area contributed by atoms with E-state index in [9.17, 15) is 0 Å². The number of benzene rings is 1. The lowest BCUT2D eigenvalue weighted by atomic mass is 10.0. The van der Waals surface area contributed by atoms with Crippen LogP contribution in [0.5, 0.6) is 5.75 Å². The smallest absolute Gasteiger partial charge is 0.119 e. The summed E-state index contributed by atoms with van der Waals surface area (Å²) in [5.41, 5.74) is 3.52. The first-order valence-electron chi connectivity index (χ1n) is 9.29. The molecule has 0 unspecified atom stereocenters. The summed E-state index contributed by atoms with van der Waals surface area (Å²) in [7, 11) is 2.00. The molecule has 0 radical (unpaired) electrons. The van der Waals surface area contributed by atoms with Crippen LogP contribution < -0.4 is 4.74 Å². The summed E-state index contributed by atoms with van der Waals surface area (Å²) in [5, 5.41) is 12.7. The Hall–Kier alpha value is -2.31. The summed E-state index contributed by atoms with van der Waals surface area (Å²) >= 11 is 5.89. The zero-order chi connectivity index (χ0) is 18.6. The molecular weight excluding hydrogens is 362 g/mol. The number of H-pyrrole nitrogens is 1. The molecule has 1 saturated heterocycles. The molecule has 1 N–H and O–H groups in total. The van der Waals surface area contributed by atoms with E-state index >= 15 is 0 Å². The molecule has 0 bridgehead atoms. The van der Waals surface area contributed by atoms with E-state index in [0.29, 0.717) is 12.5 Å². The number of hydrogen-bond acceptors (Lipinski definition) is 4. The van der Waals surface area contributed by atoms with Crippen molar-refractivity contribution in [3.05, 3.63) is 64.7 Å². The van der Waals surface area contributed by atoms with Crippen molar-refractivity contribution in [2.75, 3.05) is 19.7 Å². The van der Waals surface area contributed by atoms with Gasteiger partial charge in [-0.1, -0.05) is 11.6 Å². The zero-order valence-electron chi connectivity index (χ0n) is 15.4. The lowest BCUT2D eigenvalue weighted by Gasteiger charge is -2.15. The topological polar surface area (TPSA) is 59.0 Å². The molecule has 0 saturated carbocycles. The zero-order valence-corrected chi connectivity index (χ0v) is 16.2. The second-order valence-electron chi connectivity index (χ2n) is 7.04. The summed E-state index contributed by atoms with van der Waals surface area (Å²) in [6.07, 6.45) is 3.81. The van der Waals surface area contributed by atoms with Crippen molar-refractivity contribution in [3.8, 4) is 5.75 Å². The monoisotopic (exact) mass is 385 g/mol. The van der Waals surface area contributed by atoms with Gasteiger partial charge >= 0.3 is 0 Å². The standard InChI is InChI=1S/C20H24ClN5O/c1-25-18(6-9-22-25)14-26-10-7-15(13-26)20-12-17(23-24-20)8-11-27-19-4-2-16(21)3-5-19/h2-6,9,12,15H,7-8,10-11,13-14H2,1H3,(H,23,24)/t15-/m1/s1. The quantitative estimate of drug-likeness (QED) is 0.677. The van der Waals surface area contributed by atoms with E-state index in [-0.39, 0.29) is 0 Å². The first kappa shape index (κ1) is 18.1. The predicted octanol–water partition coefficient (Wildman–Crippen LogP) is 3.41. The van der Waals surface area contributed by atoms with Gasteiger partial charge in [0.05, 0.1) is 18.0 Å². The molecule has 1 aromatic carbocycles. The van der Waals surface area contributed by atoms with Crippen molar-refractivity contribution in [3.63, 3.8) is 0 Å². The fourth-order valence-electron chi connectivity index (χ4n) is 3.53. The number of halogens is 1. The van der Waals surface area contributed by atoms with Gasteiger partial charge in [-0.3, -0.25) is 14.7 Å². The van der Waals surface area contributed by atoms with Gasteiger partial charge in [0, 0.05) is 49.4 Å². The highest BCUT2D eigenvalue weighted by molar-refractivity contribution is 6.30. The number of aryl methyl sites for hydroxylation is 1. The molecule has 1 aliphatic rings. The molecule has 0 spiro atoms. The lowest BCUT2D eigenvalue weighted by molar-refractivity contribution is 0.316. The minimum Gasteiger partial charge on any atom is -0.493 e. The number of likely N-dealkylation sites (tertiary alicyclic amines) is 1. The van der Waals surface area contributed by atoms with Crippen molar-refractivity contribution in [2.24, 2.45) is 7.05 Å².